The monoisotopic (exact) mass is 382 g/mol. The second-order valence-electron chi connectivity index (χ2n) is 6.10. The maximum Gasteiger partial charge on any atom is 0.343 e. The quantitative estimate of drug-likeness (QED) is 0.287. The summed E-state index contributed by atoms with van der Waals surface area (Å²) in [6.45, 7) is 3.91. The van der Waals surface area contributed by atoms with E-state index in [1.807, 2.05) is 80.6 Å². The SMILES string of the molecule is Cc1ccc(C)c(OC(=O)c2ccc(CSc3ccc(Cl)cc3)cc2)c1. The summed E-state index contributed by atoms with van der Waals surface area (Å²) in [6.07, 6.45) is 0. The van der Waals surface area contributed by atoms with Crippen molar-refractivity contribution in [2.45, 2.75) is 24.5 Å². The standard InChI is InChI=1S/C22H19ClO2S/c1-15-3-4-16(2)21(13-15)25-22(24)18-7-5-17(6-8-18)14-26-20-11-9-19(23)10-12-20/h3-13H,14H2,1-2H3. The molecule has 0 saturated heterocycles. The number of esters is 1. The molecule has 0 bridgehead atoms. The molecule has 0 unspecified atom stereocenters. The number of rotatable bonds is 5. The minimum Gasteiger partial charge on any atom is -0.423 e. The summed E-state index contributed by atoms with van der Waals surface area (Å²) < 4.78 is 5.54. The van der Waals surface area contributed by atoms with E-state index in [9.17, 15) is 4.79 Å². The highest BCUT2D eigenvalue weighted by molar-refractivity contribution is 7.98. The van der Waals surface area contributed by atoms with Crippen LogP contribution in [-0.4, -0.2) is 5.97 Å². The molecule has 0 amide bonds. The maximum absolute atomic E-state index is 12.4. The molecule has 0 fully saturated rings. The molecule has 0 aliphatic rings. The van der Waals surface area contributed by atoms with Gasteiger partial charge in [0.1, 0.15) is 5.75 Å². The Morgan fingerprint density at radius 1 is 0.962 bits per heavy atom. The summed E-state index contributed by atoms with van der Waals surface area (Å²) in [7, 11) is 0. The van der Waals surface area contributed by atoms with Gasteiger partial charge in [0.25, 0.3) is 0 Å². The van der Waals surface area contributed by atoms with Crippen LogP contribution in [0.5, 0.6) is 5.75 Å². The van der Waals surface area contributed by atoms with Crippen molar-refractivity contribution in [2.75, 3.05) is 0 Å². The van der Waals surface area contributed by atoms with E-state index >= 15 is 0 Å². The Balaban J connectivity index is 1.62. The van der Waals surface area contributed by atoms with Crippen LogP contribution in [0.25, 0.3) is 0 Å². The Morgan fingerprint density at radius 2 is 1.65 bits per heavy atom. The van der Waals surface area contributed by atoms with Crippen LogP contribution >= 0.6 is 23.4 Å². The van der Waals surface area contributed by atoms with Gasteiger partial charge in [-0.05, 0) is 73.0 Å². The van der Waals surface area contributed by atoms with Gasteiger partial charge in [-0.3, -0.25) is 0 Å². The summed E-state index contributed by atoms with van der Waals surface area (Å²) >= 11 is 7.63. The molecule has 0 N–H and O–H groups in total. The molecule has 0 aliphatic carbocycles. The highest BCUT2D eigenvalue weighted by atomic mass is 35.5. The van der Waals surface area contributed by atoms with Crippen molar-refractivity contribution >= 4 is 29.3 Å². The van der Waals surface area contributed by atoms with Crippen molar-refractivity contribution in [3.8, 4) is 5.75 Å². The van der Waals surface area contributed by atoms with Gasteiger partial charge >= 0.3 is 5.97 Å². The van der Waals surface area contributed by atoms with E-state index in [1.54, 1.807) is 11.8 Å². The van der Waals surface area contributed by atoms with Gasteiger partial charge in [0, 0.05) is 15.7 Å². The lowest BCUT2D eigenvalue weighted by Crippen LogP contribution is -2.09. The molecule has 3 aromatic rings. The van der Waals surface area contributed by atoms with Gasteiger partial charge in [0.15, 0.2) is 0 Å². The van der Waals surface area contributed by atoms with E-state index in [0.29, 0.717) is 11.3 Å². The number of aryl methyl sites for hydroxylation is 2. The van der Waals surface area contributed by atoms with Gasteiger partial charge < -0.3 is 4.74 Å². The fraction of sp³-hybridized carbons (Fsp3) is 0.136. The minimum atomic E-state index is -0.337. The van der Waals surface area contributed by atoms with Crippen molar-refractivity contribution in [1.82, 2.24) is 0 Å². The molecule has 0 heterocycles. The van der Waals surface area contributed by atoms with Crippen molar-refractivity contribution < 1.29 is 9.53 Å². The summed E-state index contributed by atoms with van der Waals surface area (Å²) in [4.78, 5) is 13.5. The second-order valence-corrected chi connectivity index (χ2v) is 7.58. The van der Waals surface area contributed by atoms with E-state index in [0.717, 1.165) is 32.4 Å². The zero-order chi connectivity index (χ0) is 18.5. The third-order valence-electron chi connectivity index (χ3n) is 3.96. The van der Waals surface area contributed by atoms with Crippen LogP contribution < -0.4 is 4.74 Å². The molecule has 0 aromatic heterocycles. The predicted molar refractivity (Wildman–Crippen MR) is 108 cm³/mol. The molecule has 2 nitrogen and oxygen atoms in total. The molecule has 3 rings (SSSR count). The first-order valence-corrected chi connectivity index (χ1v) is 9.64. The highest BCUT2D eigenvalue weighted by Gasteiger charge is 2.10. The Morgan fingerprint density at radius 3 is 2.35 bits per heavy atom. The van der Waals surface area contributed by atoms with Gasteiger partial charge in [0.05, 0.1) is 5.56 Å². The lowest BCUT2D eigenvalue weighted by Gasteiger charge is -2.09. The van der Waals surface area contributed by atoms with Crippen LogP contribution in [0.3, 0.4) is 0 Å². The number of thioether (sulfide) groups is 1. The van der Waals surface area contributed by atoms with E-state index in [4.69, 9.17) is 16.3 Å². The van der Waals surface area contributed by atoms with Crippen LogP contribution in [0.4, 0.5) is 0 Å². The first kappa shape index (κ1) is 18.6. The number of carbonyl (C=O) groups excluding carboxylic acids is 1. The van der Waals surface area contributed by atoms with Gasteiger partial charge in [-0.25, -0.2) is 4.79 Å². The van der Waals surface area contributed by atoms with Crippen LogP contribution in [0.15, 0.2) is 71.6 Å². The first-order valence-electron chi connectivity index (χ1n) is 8.28. The van der Waals surface area contributed by atoms with Crippen molar-refractivity contribution in [3.05, 3.63) is 94.0 Å². The van der Waals surface area contributed by atoms with Crippen LogP contribution in [0.1, 0.15) is 27.0 Å². The van der Waals surface area contributed by atoms with Crippen LogP contribution in [0, 0.1) is 13.8 Å². The number of hydrogen-bond acceptors (Lipinski definition) is 3. The van der Waals surface area contributed by atoms with Crippen molar-refractivity contribution in [1.29, 1.82) is 0 Å². The second kappa shape index (κ2) is 8.43. The van der Waals surface area contributed by atoms with Crippen molar-refractivity contribution in [3.63, 3.8) is 0 Å². The molecular weight excluding hydrogens is 364 g/mol. The van der Waals surface area contributed by atoms with Gasteiger partial charge in [0.2, 0.25) is 0 Å². The first-order chi connectivity index (χ1) is 12.5. The molecule has 26 heavy (non-hydrogen) atoms. The predicted octanol–water partition coefficient (Wildman–Crippen LogP) is 6.47. The number of carbonyl (C=O) groups is 1. The number of halogens is 1. The fourth-order valence-corrected chi connectivity index (χ4v) is 3.39. The maximum atomic E-state index is 12.4. The summed E-state index contributed by atoms with van der Waals surface area (Å²) in [5.41, 5.74) is 3.70. The Labute approximate surface area is 163 Å². The Bertz CT molecular complexity index is 902. The summed E-state index contributed by atoms with van der Waals surface area (Å²) in [5.74, 6) is 1.10. The molecule has 3 aromatic carbocycles. The molecule has 0 atom stereocenters. The largest absolute Gasteiger partial charge is 0.423 e. The van der Waals surface area contributed by atoms with Crippen molar-refractivity contribution in [2.24, 2.45) is 0 Å². The Hall–Kier alpha value is -2.23. The lowest BCUT2D eigenvalue weighted by molar-refractivity contribution is 0.0733. The number of ether oxygens (including phenoxy) is 1. The average molecular weight is 383 g/mol. The molecule has 0 aliphatic heterocycles. The molecule has 0 radical (unpaired) electrons. The minimum absolute atomic E-state index is 0.337. The Kier molecular flexibility index (Phi) is 6.02. The molecule has 132 valence electrons. The lowest BCUT2D eigenvalue weighted by atomic mass is 10.1. The average Bonchev–Trinajstić information content (AvgIpc) is 2.64. The smallest absolute Gasteiger partial charge is 0.343 e. The molecule has 0 spiro atoms. The van der Waals surface area contributed by atoms with Gasteiger partial charge in [-0.1, -0.05) is 35.9 Å². The van der Waals surface area contributed by atoms with E-state index in [2.05, 4.69) is 0 Å². The number of hydrogen-bond donors (Lipinski definition) is 0. The van der Waals surface area contributed by atoms with Crippen LogP contribution in [-0.2, 0) is 5.75 Å². The summed E-state index contributed by atoms with van der Waals surface area (Å²) in [6, 6.07) is 21.2. The highest BCUT2D eigenvalue weighted by Crippen LogP contribution is 2.25. The topological polar surface area (TPSA) is 26.3 Å². The van der Waals surface area contributed by atoms with E-state index < -0.39 is 0 Å². The van der Waals surface area contributed by atoms with Crippen LogP contribution in [0.2, 0.25) is 5.02 Å². The van der Waals surface area contributed by atoms with E-state index in [1.165, 1.54) is 0 Å². The fourth-order valence-electron chi connectivity index (χ4n) is 2.41. The normalized spacial score (nSPS) is 10.6. The van der Waals surface area contributed by atoms with Gasteiger partial charge in [-0.2, -0.15) is 0 Å². The molecular formula is C22H19ClO2S. The zero-order valence-corrected chi connectivity index (χ0v) is 16.2. The number of benzene rings is 3. The third kappa shape index (κ3) is 4.90. The molecule has 4 heteroatoms. The van der Waals surface area contributed by atoms with Gasteiger partial charge in [-0.15, -0.1) is 11.8 Å². The third-order valence-corrected chi connectivity index (χ3v) is 5.29. The summed E-state index contributed by atoms with van der Waals surface area (Å²) in [5, 5.41) is 0.737. The van der Waals surface area contributed by atoms with E-state index in [-0.39, 0.29) is 5.97 Å². The molecule has 0 saturated carbocycles. The zero-order valence-electron chi connectivity index (χ0n) is 14.7.